The average Bonchev–Trinajstić information content (AvgIpc) is 3.15. The number of benzene rings is 3. The fourth-order valence-corrected chi connectivity index (χ4v) is 4.65. The normalized spacial score (nSPS) is 14.5. The van der Waals surface area contributed by atoms with Crippen LogP contribution < -0.4 is 10.2 Å². The maximum absolute atomic E-state index is 13.4. The number of hydrogen-bond acceptors (Lipinski definition) is 4. The summed E-state index contributed by atoms with van der Waals surface area (Å²) in [7, 11) is 0. The predicted molar refractivity (Wildman–Crippen MR) is 152 cm³/mol. The number of nitrogens with zero attached hydrogens (tertiary/aromatic N) is 2. The molecule has 2 amide bonds. The molecule has 5 nitrogen and oxygen atoms in total. The van der Waals surface area contributed by atoms with E-state index >= 15 is 0 Å². The molecule has 0 saturated carbocycles. The zero-order chi connectivity index (χ0) is 25.8. The van der Waals surface area contributed by atoms with Crippen molar-refractivity contribution in [1.82, 2.24) is 0 Å². The van der Waals surface area contributed by atoms with E-state index in [9.17, 15) is 9.59 Å². The van der Waals surface area contributed by atoms with Crippen molar-refractivity contribution in [2.45, 2.75) is 40.5 Å². The van der Waals surface area contributed by atoms with Crippen LogP contribution >= 0.6 is 11.8 Å². The van der Waals surface area contributed by atoms with Gasteiger partial charge in [-0.25, -0.2) is 4.99 Å². The lowest BCUT2D eigenvalue weighted by molar-refractivity contribution is -0.114. The molecule has 6 heteroatoms. The lowest BCUT2D eigenvalue weighted by Gasteiger charge is -2.18. The van der Waals surface area contributed by atoms with Crippen LogP contribution in [-0.2, 0) is 9.59 Å². The Bertz CT molecular complexity index is 1340. The van der Waals surface area contributed by atoms with Gasteiger partial charge in [0.15, 0.2) is 5.17 Å². The zero-order valence-electron chi connectivity index (χ0n) is 21.3. The van der Waals surface area contributed by atoms with Crippen molar-refractivity contribution in [2.24, 2.45) is 4.99 Å². The van der Waals surface area contributed by atoms with Gasteiger partial charge in [-0.3, -0.25) is 14.5 Å². The monoisotopic (exact) mass is 497 g/mol. The summed E-state index contributed by atoms with van der Waals surface area (Å²) in [6.45, 7) is 10.3. The van der Waals surface area contributed by atoms with Gasteiger partial charge in [-0.05, 0) is 73.2 Å². The lowest BCUT2D eigenvalue weighted by Crippen LogP contribution is -2.31. The summed E-state index contributed by atoms with van der Waals surface area (Å²) >= 11 is 1.26. The number of anilines is 2. The summed E-state index contributed by atoms with van der Waals surface area (Å²) in [5, 5.41) is 3.47. The molecule has 0 aliphatic carbocycles. The van der Waals surface area contributed by atoms with Crippen LogP contribution in [0.1, 0.15) is 47.6 Å². The summed E-state index contributed by atoms with van der Waals surface area (Å²) in [6, 6.07) is 21.8. The van der Waals surface area contributed by atoms with Gasteiger partial charge in [-0.1, -0.05) is 79.7 Å². The van der Waals surface area contributed by atoms with Crippen LogP contribution in [0.3, 0.4) is 0 Å². The third-order valence-corrected chi connectivity index (χ3v) is 6.97. The summed E-state index contributed by atoms with van der Waals surface area (Å²) < 4.78 is 0. The molecule has 0 bridgehead atoms. The molecule has 3 aromatic rings. The highest BCUT2D eigenvalue weighted by Crippen LogP contribution is 2.30. The minimum absolute atomic E-state index is 0.137. The second kappa shape index (κ2) is 11.0. The number of carbonyl (C=O) groups is 2. The van der Waals surface area contributed by atoms with E-state index in [0.29, 0.717) is 16.8 Å². The first-order valence-corrected chi connectivity index (χ1v) is 13.0. The molecule has 1 aliphatic heterocycles. The Balaban J connectivity index is 1.57. The van der Waals surface area contributed by atoms with Crippen LogP contribution in [-0.4, -0.2) is 22.7 Å². The number of rotatable bonds is 6. The number of aryl methyl sites for hydroxylation is 3. The van der Waals surface area contributed by atoms with Crippen LogP contribution in [0.15, 0.2) is 77.4 Å². The van der Waals surface area contributed by atoms with Crippen molar-refractivity contribution in [3.8, 4) is 0 Å². The largest absolute Gasteiger partial charge is 0.325 e. The summed E-state index contributed by atoms with van der Waals surface area (Å²) in [5.74, 6) is 0.226. The Kier molecular flexibility index (Phi) is 7.75. The molecule has 0 aromatic heterocycles. The van der Waals surface area contributed by atoms with Crippen LogP contribution in [0.4, 0.5) is 11.4 Å². The van der Waals surface area contributed by atoms with Crippen molar-refractivity contribution in [3.63, 3.8) is 0 Å². The number of amidine groups is 1. The van der Waals surface area contributed by atoms with Crippen molar-refractivity contribution in [3.05, 3.63) is 100 Å². The maximum Gasteiger partial charge on any atom is 0.283 e. The molecule has 36 heavy (non-hydrogen) atoms. The standard InChI is InChI=1S/C30H31N3O2S/c1-19(2)24-12-10-23(11-13-24)17-27-29(35)33(25-14-7-20(3)8-15-25)30(32-27)36-18-28(34)31-26-16-21(4)6-9-22(26)5/h6-17,19H,18H2,1-5H3,(H,31,34). The molecule has 0 saturated heterocycles. The second-order valence-electron chi connectivity index (χ2n) is 9.38. The smallest absolute Gasteiger partial charge is 0.283 e. The Morgan fingerprint density at radius 1 is 0.972 bits per heavy atom. The van der Waals surface area contributed by atoms with Gasteiger partial charge in [0.05, 0.1) is 11.4 Å². The third-order valence-electron chi connectivity index (χ3n) is 6.03. The van der Waals surface area contributed by atoms with E-state index < -0.39 is 0 Å². The van der Waals surface area contributed by atoms with E-state index in [4.69, 9.17) is 0 Å². The van der Waals surface area contributed by atoms with Gasteiger partial charge in [0.2, 0.25) is 5.91 Å². The van der Waals surface area contributed by atoms with Gasteiger partial charge >= 0.3 is 0 Å². The van der Waals surface area contributed by atoms with Crippen molar-refractivity contribution >= 4 is 46.2 Å². The highest BCUT2D eigenvalue weighted by atomic mass is 32.2. The fraction of sp³-hybridized carbons (Fsp3) is 0.233. The van der Waals surface area contributed by atoms with Gasteiger partial charge in [-0.15, -0.1) is 0 Å². The average molecular weight is 498 g/mol. The molecule has 0 unspecified atom stereocenters. The molecular weight excluding hydrogens is 466 g/mol. The van der Waals surface area contributed by atoms with Crippen LogP contribution in [0.2, 0.25) is 0 Å². The number of amides is 2. The predicted octanol–water partition coefficient (Wildman–Crippen LogP) is 6.85. The van der Waals surface area contributed by atoms with E-state index in [1.807, 2.05) is 75.4 Å². The number of aliphatic imine (C=N–C) groups is 1. The number of carbonyl (C=O) groups excluding carboxylic acids is 2. The molecule has 0 spiro atoms. The molecule has 0 fully saturated rings. The minimum atomic E-state index is -0.204. The molecule has 184 valence electrons. The third kappa shape index (κ3) is 5.94. The topological polar surface area (TPSA) is 61.8 Å². The van der Waals surface area contributed by atoms with Gasteiger partial charge in [0.25, 0.3) is 5.91 Å². The van der Waals surface area contributed by atoms with Gasteiger partial charge in [0.1, 0.15) is 5.70 Å². The van der Waals surface area contributed by atoms with Crippen molar-refractivity contribution < 1.29 is 9.59 Å². The SMILES string of the molecule is Cc1ccc(N2C(=O)C(=Cc3ccc(C(C)C)cc3)N=C2SCC(=O)Nc2cc(C)ccc2C)cc1. The molecule has 1 aliphatic rings. The molecule has 3 aromatic carbocycles. The number of hydrogen-bond donors (Lipinski definition) is 1. The first kappa shape index (κ1) is 25.5. The highest BCUT2D eigenvalue weighted by Gasteiger charge is 2.32. The van der Waals surface area contributed by atoms with E-state index in [2.05, 4.69) is 36.3 Å². The summed E-state index contributed by atoms with van der Waals surface area (Å²) in [6.07, 6.45) is 1.80. The second-order valence-corrected chi connectivity index (χ2v) is 10.3. The van der Waals surface area contributed by atoms with Crippen LogP contribution in [0.25, 0.3) is 6.08 Å². The maximum atomic E-state index is 13.4. The molecule has 1 N–H and O–H groups in total. The summed E-state index contributed by atoms with van der Waals surface area (Å²) in [5.41, 5.74) is 7.21. The fourth-order valence-electron chi connectivity index (χ4n) is 3.84. The number of nitrogens with one attached hydrogen (secondary N) is 1. The molecule has 0 radical (unpaired) electrons. The minimum Gasteiger partial charge on any atom is -0.325 e. The molecular formula is C30H31N3O2S. The lowest BCUT2D eigenvalue weighted by atomic mass is 10.0. The first-order valence-electron chi connectivity index (χ1n) is 12.0. The molecule has 4 rings (SSSR count). The Hall–Kier alpha value is -3.64. The van der Waals surface area contributed by atoms with Gasteiger partial charge in [-0.2, -0.15) is 0 Å². The number of thioether (sulfide) groups is 1. The highest BCUT2D eigenvalue weighted by molar-refractivity contribution is 8.14. The first-order chi connectivity index (χ1) is 17.2. The summed E-state index contributed by atoms with van der Waals surface area (Å²) in [4.78, 5) is 32.4. The Morgan fingerprint density at radius 2 is 1.64 bits per heavy atom. The van der Waals surface area contributed by atoms with Gasteiger partial charge in [0, 0.05) is 5.69 Å². The molecule has 0 atom stereocenters. The van der Waals surface area contributed by atoms with E-state index in [0.717, 1.165) is 33.6 Å². The van der Waals surface area contributed by atoms with Crippen LogP contribution in [0, 0.1) is 20.8 Å². The zero-order valence-corrected chi connectivity index (χ0v) is 22.1. The van der Waals surface area contributed by atoms with E-state index in [1.165, 1.54) is 17.3 Å². The van der Waals surface area contributed by atoms with E-state index in [1.54, 1.807) is 11.0 Å². The van der Waals surface area contributed by atoms with Crippen molar-refractivity contribution in [1.29, 1.82) is 0 Å². The Morgan fingerprint density at radius 3 is 2.31 bits per heavy atom. The van der Waals surface area contributed by atoms with Gasteiger partial charge < -0.3 is 5.32 Å². The van der Waals surface area contributed by atoms with Crippen molar-refractivity contribution in [2.75, 3.05) is 16.0 Å². The Labute approximate surface area is 217 Å². The quantitative estimate of drug-likeness (QED) is 0.379. The molecule has 1 heterocycles. The van der Waals surface area contributed by atoms with E-state index in [-0.39, 0.29) is 17.6 Å². The van der Waals surface area contributed by atoms with Crippen LogP contribution in [0.5, 0.6) is 0 Å².